The standard InChI is InChI=1S/C37H59NO5/c1-32(2)27-13-16-37(7)30(35(27,5)15-14-28(32)43-29(40)12-10-9-11-21-38)26(39)22-24-25-23-34(4,31(41)42-8)18-17-33(25,3)19-20-36(24,37)6/h22,25,27-28,30H,9-21,23,38H2,1-8H3/t25-,27-,28-,30+,33+,34-,35-,36+,37+/m0/s1. The molecule has 0 amide bonds. The summed E-state index contributed by atoms with van der Waals surface area (Å²) in [4.78, 5) is 40.4. The molecule has 0 spiro atoms. The Morgan fingerprint density at radius 3 is 2.28 bits per heavy atom. The number of allylic oxidation sites excluding steroid dienone is 2. The summed E-state index contributed by atoms with van der Waals surface area (Å²) < 4.78 is 11.5. The summed E-state index contributed by atoms with van der Waals surface area (Å²) >= 11 is 0. The molecule has 2 N–H and O–H groups in total. The molecule has 0 heterocycles. The predicted molar refractivity (Wildman–Crippen MR) is 169 cm³/mol. The zero-order valence-corrected chi connectivity index (χ0v) is 28.4. The molecular formula is C37H59NO5. The third kappa shape index (κ3) is 4.86. The van der Waals surface area contributed by atoms with Gasteiger partial charge in [0.15, 0.2) is 5.78 Å². The van der Waals surface area contributed by atoms with E-state index in [2.05, 4.69) is 54.5 Å². The highest BCUT2D eigenvalue weighted by Gasteiger charge is 2.70. The largest absolute Gasteiger partial charge is 0.469 e. The molecule has 6 heteroatoms. The number of carbonyl (C=O) groups is 3. The van der Waals surface area contributed by atoms with Crippen LogP contribution in [0.2, 0.25) is 0 Å². The van der Waals surface area contributed by atoms with Gasteiger partial charge in [-0.05, 0) is 124 Å². The van der Waals surface area contributed by atoms with Gasteiger partial charge in [-0.2, -0.15) is 0 Å². The quantitative estimate of drug-likeness (QED) is 0.240. The summed E-state index contributed by atoms with van der Waals surface area (Å²) in [7, 11) is 1.50. The SMILES string of the molecule is COC(=O)[C@@]1(C)CC[C@]2(C)CC[C@]3(C)C(=CC(=O)[C@@H]4[C@@]5(C)CC[C@H](OC(=O)CCCCCN)C(C)(C)[C@@H]5CC[C@]43C)[C@@H]2C1. The van der Waals surface area contributed by atoms with E-state index in [0.717, 1.165) is 77.0 Å². The van der Waals surface area contributed by atoms with E-state index >= 15 is 0 Å². The van der Waals surface area contributed by atoms with Crippen molar-refractivity contribution in [2.24, 2.45) is 56.0 Å². The van der Waals surface area contributed by atoms with Crippen LogP contribution < -0.4 is 5.73 Å². The fourth-order valence-electron chi connectivity index (χ4n) is 11.6. The lowest BCUT2D eigenvalue weighted by molar-refractivity contribution is -0.211. The Kier molecular flexibility index (Phi) is 8.35. The Bertz CT molecular complexity index is 1180. The van der Waals surface area contributed by atoms with Crippen molar-refractivity contribution >= 4 is 17.7 Å². The van der Waals surface area contributed by atoms with Gasteiger partial charge in [0.25, 0.3) is 0 Å². The van der Waals surface area contributed by atoms with E-state index in [0.29, 0.717) is 24.7 Å². The molecule has 0 aliphatic heterocycles. The Balaban J connectivity index is 1.44. The average Bonchev–Trinajstić information content (AvgIpc) is 2.94. The molecule has 242 valence electrons. The van der Waals surface area contributed by atoms with E-state index in [1.165, 1.54) is 12.7 Å². The Hall–Kier alpha value is -1.69. The molecule has 5 aliphatic rings. The lowest BCUT2D eigenvalue weighted by Crippen LogP contribution is -2.66. The zero-order chi connectivity index (χ0) is 31.6. The summed E-state index contributed by atoms with van der Waals surface area (Å²) in [6.07, 6.45) is 13.7. The van der Waals surface area contributed by atoms with Crippen LogP contribution in [0, 0.1) is 50.2 Å². The van der Waals surface area contributed by atoms with E-state index < -0.39 is 5.41 Å². The first kappa shape index (κ1) is 32.7. The molecule has 0 unspecified atom stereocenters. The summed E-state index contributed by atoms with van der Waals surface area (Å²) in [5.74, 6) is 0.549. The van der Waals surface area contributed by atoms with Gasteiger partial charge in [0, 0.05) is 17.8 Å². The van der Waals surface area contributed by atoms with Crippen LogP contribution in [0.3, 0.4) is 0 Å². The van der Waals surface area contributed by atoms with Crippen molar-refractivity contribution in [3.05, 3.63) is 11.6 Å². The molecular weight excluding hydrogens is 538 g/mol. The van der Waals surface area contributed by atoms with Gasteiger partial charge in [0.1, 0.15) is 6.10 Å². The highest BCUT2D eigenvalue weighted by Crippen LogP contribution is 2.75. The minimum Gasteiger partial charge on any atom is -0.469 e. The second-order valence-electron chi connectivity index (χ2n) is 17.2. The van der Waals surface area contributed by atoms with Gasteiger partial charge in [-0.15, -0.1) is 0 Å². The third-order valence-corrected chi connectivity index (χ3v) is 14.6. The third-order valence-electron chi connectivity index (χ3n) is 14.6. The minimum atomic E-state index is -0.507. The Morgan fingerprint density at radius 1 is 0.907 bits per heavy atom. The number of ether oxygens (including phenoxy) is 2. The Labute approximate surface area is 260 Å². The van der Waals surface area contributed by atoms with E-state index in [9.17, 15) is 14.4 Å². The van der Waals surface area contributed by atoms with E-state index in [-0.39, 0.29) is 57.0 Å². The molecule has 43 heavy (non-hydrogen) atoms. The van der Waals surface area contributed by atoms with Crippen LogP contribution in [0.1, 0.15) is 132 Å². The number of ketones is 1. The van der Waals surface area contributed by atoms with Crippen LogP contribution in [-0.4, -0.2) is 37.5 Å². The number of unbranched alkanes of at least 4 members (excludes halogenated alkanes) is 2. The van der Waals surface area contributed by atoms with E-state index in [1.54, 1.807) is 0 Å². The van der Waals surface area contributed by atoms with Crippen molar-refractivity contribution in [1.29, 1.82) is 0 Å². The lowest BCUT2D eigenvalue weighted by Gasteiger charge is -2.70. The molecule has 5 rings (SSSR count). The first-order valence-electron chi connectivity index (χ1n) is 17.3. The summed E-state index contributed by atoms with van der Waals surface area (Å²) in [6, 6.07) is 0. The topological polar surface area (TPSA) is 95.7 Å². The van der Waals surface area contributed by atoms with Gasteiger partial charge in [0.05, 0.1) is 12.5 Å². The van der Waals surface area contributed by atoms with Crippen molar-refractivity contribution in [2.75, 3.05) is 13.7 Å². The number of hydrogen-bond donors (Lipinski definition) is 1. The first-order valence-corrected chi connectivity index (χ1v) is 17.3. The smallest absolute Gasteiger partial charge is 0.311 e. The maximum atomic E-state index is 14.6. The fourth-order valence-corrected chi connectivity index (χ4v) is 11.6. The highest BCUT2D eigenvalue weighted by molar-refractivity contribution is 5.95. The van der Waals surface area contributed by atoms with Crippen molar-refractivity contribution in [1.82, 2.24) is 0 Å². The van der Waals surface area contributed by atoms with Crippen LogP contribution in [0.5, 0.6) is 0 Å². The molecule has 9 atom stereocenters. The van der Waals surface area contributed by atoms with Gasteiger partial charge >= 0.3 is 11.9 Å². The van der Waals surface area contributed by atoms with Gasteiger partial charge in [-0.3, -0.25) is 14.4 Å². The fraction of sp³-hybridized carbons (Fsp3) is 0.865. The second-order valence-corrected chi connectivity index (χ2v) is 17.2. The number of nitrogens with two attached hydrogens (primary N) is 1. The summed E-state index contributed by atoms with van der Waals surface area (Å²) in [5.41, 5.74) is 5.94. The molecule has 0 aromatic heterocycles. The van der Waals surface area contributed by atoms with Crippen LogP contribution >= 0.6 is 0 Å². The number of methoxy groups -OCH3 is 1. The van der Waals surface area contributed by atoms with Gasteiger partial charge in [-0.1, -0.05) is 53.5 Å². The van der Waals surface area contributed by atoms with Gasteiger partial charge in [0.2, 0.25) is 0 Å². The molecule has 6 nitrogen and oxygen atoms in total. The number of fused-ring (bicyclic) bond motifs is 7. The summed E-state index contributed by atoms with van der Waals surface area (Å²) in [6.45, 7) is 16.9. The highest BCUT2D eigenvalue weighted by atomic mass is 16.5. The van der Waals surface area contributed by atoms with Crippen molar-refractivity contribution in [3.63, 3.8) is 0 Å². The van der Waals surface area contributed by atoms with Crippen molar-refractivity contribution in [3.8, 4) is 0 Å². The predicted octanol–water partition coefficient (Wildman–Crippen LogP) is 7.57. The molecule has 0 radical (unpaired) electrons. The molecule has 4 saturated carbocycles. The average molecular weight is 598 g/mol. The molecule has 4 fully saturated rings. The van der Waals surface area contributed by atoms with Crippen LogP contribution in [0.4, 0.5) is 0 Å². The van der Waals surface area contributed by atoms with Crippen LogP contribution in [-0.2, 0) is 23.9 Å². The zero-order valence-electron chi connectivity index (χ0n) is 28.4. The minimum absolute atomic E-state index is 0.0559. The van der Waals surface area contributed by atoms with Crippen LogP contribution in [0.25, 0.3) is 0 Å². The van der Waals surface area contributed by atoms with Gasteiger partial charge < -0.3 is 15.2 Å². The molecule has 0 bridgehead atoms. The number of rotatable bonds is 7. The number of hydrogen-bond acceptors (Lipinski definition) is 6. The number of esters is 2. The summed E-state index contributed by atoms with van der Waals surface area (Å²) in [5, 5.41) is 0. The second kappa shape index (κ2) is 11.0. The molecule has 0 aromatic rings. The van der Waals surface area contributed by atoms with Crippen molar-refractivity contribution < 1.29 is 23.9 Å². The maximum absolute atomic E-state index is 14.6. The Morgan fingerprint density at radius 2 is 1.60 bits per heavy atom. The maximum Gasteiger partial charge on any atom is 0.311 e. The van der Waals surface area contributed by atoms with Crippen molar-refractivity contribution in [2.45, 2.75) is 138 Å². The molecule has 0 aromatic carbocycles. The first-order chi connectivity index (χ1) is 20.0. The van der Waals surface area contributed by atoms with E-state index in [4.69, 9.17) is 15.2 Å². The van der Waals surface area contributed by atoms with E-state index in [1.807, 2.05) is 0 Å². The lowest BCUT2D eigenvalue weighted by atomic mass is 9.33. The normalized spacial score (nSPS) is 45.0. The monoisotopic (exact) mass is 597 g/mol. The molecule has 5 aliphatic carbocycles. The van der Waals surface area contributed by atoms with Crippen LogP contribution in [0.15, 0.2) is 11.6 Å². The molecule has 0 saturated heterocycles. The van der Waals surface area contributed by atoms with Gasteiger partial charge in [-0.25, -0.2) is 0 Å². The number of carbonyl (C=O) groups excluding carboxylic acids is 3.